The lowest BCUT2D eigenvalue weighted by molar-refractivity contribution is 0.212. The normalized spacial score (nSPS) is 14.5. The SMILES string of the molecule is CSCC(CCO)NC(=O)NC(c1cccs1)C(C)(C)C. The number of carbonyl (C=O) groups is 1. The van der Waals surface area contributed by atoms with Crippen molar-refractivity contribution in [1.82, 2.24) is 10.6 Å². The van der Waals surface area contributed by atoms with E-state index in [0.29, 0.717) is 6.42 Å². The van der Waals surface area contributed by atoms with Crippen molar-refractivity contribution >= 4 is 29.1 Å². The molecule has 2 amide bonds. The monoisotopic (exact) mass is 330 g/mol. The van der Waals surface area contributed by atoms with Crippen LogP contribution in [-0.2, 0) is 0 Å². The fourth-order valence-corrected chi connectivity index (χ4v) is 3.75. The predicted octanol–water partition coefficient (Wildman–Crippen LogP) is 3.25. The molecular weight excluding hydrogens is 304 g/mol. The van der Waals surface area contributed by atoms with Gasteiger partial charge in [-0.25, -0.2) is 4.79 Å². The van der Waals surface area contributed by atoms with E-state index in [2.05, 4.69) is 31.4 Å². The summed E-state index contributed by atoms with van der Waals surface area (Å²) in [6.07, 6.45) is 2.57. The molecule has 0 radical (unpaired) electrons. The van der Waals surface area contributed by atoms with Gasteiger partial charge in [0.2, 0.25) is 0 Å². The highest BCUT2D eigenvalue weighted by atomic mass is 32.2. The van der Waals surface area contributed by atoms with E-state index in [1.807, 2.05) is 23.8 Å². The highest BCUT2D eigenvalue weighted by Gasteiger charge is 2.29. The number of thioether (sulfide) groups is 1. The molecule has 21 heavy (non-hydrogen) atoms. The molecule has 0 aliphatic carbocycles. The molecule has 4 nitrogen and oxygen atoms in total. The molecule has 1 heterocycles. The van der Waals surface area contributed by atoms with Crippen molar-refractivity contribution in [2.75, 3.05) is 18.6 Å². The first-order valence-electron chi connectivity index (χ1n) is 7.08. The Kier molecular flexibility index (Phi) is 7.56. The van der Waals surface area contributed by atoms with Crippen LogP contribution in [0.3, 0.4) is 0 Å². The topological polar surface area (TPSA) is 61.4 Å². The van der Waals surface area contributed by atoms with E-state index in [1.54, 1.807) is 23.1 Å². The van der Waals surface area contributed by atoms with Crippen LogP contribution in [0.5, 0.6) is 0 Å². The van der Waals surface area contributed by atoms with E-state index in [1.165, 1.54) is 0 Å². The number of rotatable bonds is 7. The lowest BCUT2D eigenvalue weighted by Gasteiger charge is -2.31. The Morgan fingerprint density at radius 3 is 2.62 bits per heavy atom. The molecule has 0 bridgehead atoms. The highest BCUT2D eigenvalue weighted by Crippen LogP contribution is 2.34. The Labute approximate surface area is 135 Å². The Bertz CT molecular complexity index is 410. The fourth-order valence-electron chi connectivity index (χ4n) is 2.08. The number of nitrogens with one attached hydrogen (secondary N) is 2. The van der Waals surface area contributed by atoms with Crippen molar-refractivity contribution in [2.45, 2.75) is 39.3 Å². The average molecular weight is 331 g/mol. The fraction of sp³-hybridized carbons (Fsp3) is 0.667. The minimum atomic E-state index is -0.171. The number of hydrogen-bond acceptors (Lipinski definition) is 4. The second-order valence-electron chi connectivity index (χ2n) is 6.10. The van der Waals surface area contributed by atoms with Crippen LogP contribution in [0.25, 0.3) is 0 Å². The predicted molar refractivity (Wildman–Crippen MR) is 92.1 cm³/mol. The number of amides is 2. The molecule has 0 aliphatic heterocycles. The Balaban J connectivity index is 2.68. The molecule has 120 valence electrons. The van der Waals surface area contributed by atoms with E-state index in [4.69, 9.17) is 5.11 Å². The van der Waals surface area contributed by atoms with Gasteiger partial charge < -0.3 is 15.7 Å². The van der Waals surface area contributed by atoms with Crippen LogP contribution in [0, 0.1) is 5.41 Å². The van der Waals surface area contributed by atoms with Gasteiger partial charge >= 0.3 is 6.03 Å². The number of aliphatic hydroxyl groups is 1. The van der Waals surface area contributed by atoms with Crippen LogP contribution < -0.4 is 10.6 Å². The minimum Gasteiger partial charge on any atom is -0.396 e. The lowest BCUT2D eigenvalue weighted by Crippen LogP contribution is -2.47. The summed E-state index contributed by atoms with van der Waals surface area (Å²) in [6.45, 7) is 6.43. The van der Waals surface area contributed by atoms with Crippen LogP contribution in [0.1, 0.15) is 38.1 Å². The molecule has 1 rings (SSSR count). The summed E-state index contributed by atoms with van der Waals surface area (Å²) in [4.78, 5) is 13.4. The molecule has 0 fully saturated rings. The number of thiophene rings is 1. The lowest BCUT2D eigenvalue weighted by atomic mass is 9.86. The van der Waals surface area contributed by atoms with Gasteiger partial charge in [0.05, 0.1) is 6.04 Å². The van der Waals surface area contributed by atoms with E-state index >= 15 is 0 Å². The average Bonchev–Trinajstić information content (AvgIpc) is 2.88. The molecule has 2 atom stereocenters. The zero-order valence-electron chi connectivity index (χ0n) is 13.2. The first kappa shape index (κ1) is 18.3. The summed E-state index contributed by atoms with van der Waals surface area (Å²) in [5.74, 6) is 0.799. The Hall–Kier alpha value is -0.720. The smallest absolute Gasteiger partial charge is 0.315 e. The number of aliphatic hydroxyl groups excluding tert-OH is 1. The van der Waals surface area contributed by atoms with E-state index in [-0.39, 0.29) is 30.1 Å². The molecule has 6 heteroatoms. The number of urea groups is 1. The maximum Gasteiger partial charge on any atom is 0.315 e. The third kappa shape index (κ3) is 6.28. The molecule has 0 aromatic carbocycles. The van der Waals surface area contributed by atoms with Crippen LogP contribution >= 0.6 is 23.1 Å². The van der Waals surface area contributed by atoms with Crippen LogP contribution in [0.2, 0.25) is 0 Å². The largest absolute Gasteiger partial charge is 0.396 e. The van der Waals surface area contributed by atoms with E-state index < -0.39 is 0 Å². The molecule has 3 N–H and O–H groups in total. The van der Waals surface area contributed by atoms with Crippen molar-refractivity contribution < 1.29 is 9.90 Å². The molecule has 2 unspecified atom stereocenters. The molecule has 0 spiro atoms. The van der Waals surface area contributed by atoms with Crippen molar-refractivity contribution in [3.8, 4) is 0 Å². The number of hydrogen-bond donors (Lipinski definition) is 3. The van der Waals surface area contributed by atoms with Crippen molar-refractivity contribution in [3.63, 3.8) is 0 Å². The van der Waals surface area contributed by atoms with E-state index in [0.717, 1.165) is 10.6 Å². The quantitative estimate of drug-likeness (QED) is 0.719. The van der Waals surface area contributed by atoms with E-state index in [9.17, 15) is 4.79 Å². The highest BCUT2D eigenvalue weighted by molar-refractivity contribution is 7.98. The number of carbonyl (C=O) groups excluding carboxylic acids is 1. The summed E-state index contributed by atoms with van der Waals surface area (Å²) >= 11 is 3.31. The third-order valence-electron chi connectivity index (χ3n) is 3.15. The van der Waals surface area contributed by atoms with Gasteiger partial charge in [-0.05, 0) is 29.5 Å². The Morgan fingerprint density at radius 1 is 1.43 bits per heavy atom. The summed E-state index contributed by atoms with van der Waals surface area (Å²) in [7, 11) is 0. The molecule has 1 aromatic rings. The van der Waals surface area contributed by atoms with Gasteiger partial charge in [-0.2, -0.15) is 11.8 Å². The summed E-state index contributed by atoms with van der Waals surface area (Å²) in [5, 5.41) is 17.1. The van der Waals surface area contributed by atoms with Crippen LogP contribution in [0.4, 0.5) is 4.79 Å². The maximum absolute atomic E-state index is 12.2. The first-order chi connectivity index (χ1) is 9.88. The molecule has 1 aromatic heterocycles. The van der Waals surface area contributed by atoms with Crippen molar-refractivity contribution in [1.29, 1.82) is 0 Å². The van der Waals surface area contributed by atoms with Gasteiger partial charge in [-0.3, -0.25) is 0 Å². The zero-order valence-corrected chi connectivity index (χ0v) is 14.8. The van der Waals surface area contributed by atoms with Gasteiger partial charge in [0, 0.05) is 23.3 Å². The van der Waals surface area contributed by atoms with Gasteiger partial charge in [-0.1, -0.05) is 26.8 Å². The van der Waals surface area contributed by atoms with Gasteiger partial charge in [0.15, 0.2) is 0 Å². The molecule has 0 saturated carbocycles. The second-order valence-corrected chi connectivity index (χ2v) is 7.99. The summed E-state index contributed by atoms with van der Waals surface area (Å²) < 4.78 is 0. The minimum absolute atomic E-state index is 0.00560. The maximum atomic E-state index is 12.2. The van der Waals surface area contributed by atoms with Gasteiger partial charge in [-0.15, -0.1) is 11.3 Å². The van der Waals surface area contributed by atoms with Gasteiger partial charge in [0.25, 0.3) is 0 Å². The molecule has 0 aliphatic rings. The van der Waals surface area contributed by atoms with Gasteiger partial charge in [0.1, 0.15) is 0 Å². The first-order valence-corrected chi connectivity index (χ1v) is 9.36. The second kappa shape index (κ2) is 8.66. The van der Waals surface area contributed by atoms with Crippen molar-refractivity contribution in [3.05, 3.63) is 22.4 Å². The molecule has 0 saturated heterocycles. The van der Waals surface area contributed by atoms with Crippen molar-refractivity contribution in [2.24, 2.45) is 5.41 Å². The van der Waals surface area contributed by atoms with Crippen LogP contribution in [0.15, 0.2) is 17.5 Å². The zero-order chi connectivity index (χ0) is 15.9. The Morgan fingerprint density at radius 2 is 2.14 bits per heavy atom. The summed E-state index contributed by atoms with van der Waals surface area (Å²) in [6, 6.07) is 3.85. The standard InChI is InChI=1S/C15H26N2O2S2/c1-15(2,3)13(12-6-5-9-21-12)17-14(19)16-11(7-8-18)10-20-4/h5-6,9,11,13,18H,7-8,10H2,1-4H3,(H2,16,17,19). The molecular formula is C15H26N2O2S2. The summed E-state index contributed by atoms with van der Waals surface area (Å²) in [5.41, 5.74) is -0.0613. The third-order valence-corrected chi connectivity index (χ3v) is 4.82. The van der Waals surface area contributed by atoms with Crippen LogP contribution in [-0.4, -0.2) is 35.8 Å².